The molecule has 0 N–H and O–H groups in total. The molecule has 1 aliphatic rings. The lowest BCUT2D eigenvalue weighted by atomic mass is 10.1. The lowest BCUT2D eigenvalue weighted by molar-refractivity contribution is -0.0419. The minimum atomic E-state index is -0.137. The molecular formula is C32H41NO6. The summed E-state index contributed by atoms with van der Waals surface area (Å²) in [6.45, 7) is 6.20. The fraction of sp³-hybridized carbons (Fsp3) is 0.438. The van der Waals surface area contributed by atoms with E-state index in [1.807, 2.05) is 66.7 Å². The van der Waals surface area contributed by atoms with Crippen molar-refractivity contribution in [1.82, 2.24) is 4.90 Å². The molecule has 0 saturated carbocycles. The molecule has 1 aliphatic heterocycles. The zero-order valence-corrected chi connectivity index (χ0v) is 22.7. The Morgan fingerprint density at radius 1 is 0.564 bits per heavy atom. The normalized spacial score (nSPS) is 20.4. The van der Waals surface area contributed by atoms with Crippen LogP contribution < -0.4 is 9.47 Å². The molecule has 7 heteroatoms. The predicted octanol–water partition coefficient (Wildman–Crippen LogP) is 4.51. The average molecular weight is 536 g/mol. The fourth-order valence-electron chi connectivity index (χ4n) is 4.35. The molecule has 0 amide bonds. The molecule has 1 heterocycles. The molecule has 0 spiro atoms. The van der Waals surface area contributed by atoms with E-state index in [1.54, 1.807) is 0 Å². The maximum atomic E-state index is 6.28. The SMILES string of the molecule is c1ccc(CCN2C[C@@H](COc3ccccc3)OCCOCCOCCO[C@H](COc3ccccc3)C2)cc1. The summed E-state index contributed by atoms with van der Waals surface area (Å²) < 4.78 is 36.2. The Morgan fingerprint density at radius 2 is 1.00 bits per heavy atom. The van der Waals surface area contributed by atoms with Crippen molar-refractivity contribution in [2.45, 2.75) is 18.6 Å². The summed E-state index contributed by atoms with van der Waals surface area (Å²) in [5.41, 5.74) is 1.30. The van der Waals surface area contributed by atoms with Gasteiger partial charge in [0.2, 0.25) is 0 Å². The van der Waals surface area contributed by atoms with Gasteiger partial charge in [-0.3, -0.25) is 4.90 Å². The third-order valence-corrected chi connectivity index (χ3v) is 6.38. The van der Waals surface area contributed by atoms with Crippen LogP contribution in [0.5, 0.6) is 11.5 Å². The second-order valence-corrected chi connectivity index (χ2v) is 9.45. The lowest BCUT2D eigenvalue weighted by Crippen LogP contribution is -2.44. The van der Waals surface area contributed by atoms with Crippen molar-refractivity contribution in [3.63, 3.8) is 0 Å². The third-order valence-electron chi connectivity index (χ3n) is 6.38. The van der Waals surface area contributed by atoms with Crippen LogP contribution in [-0.4, -0.2) is 89.6 Å². The van der Waals surface area contributed by atoms with Crippen molar-refractivity contribution in [3.8, 4) is 11.5 Å². The average Bonchev–Trinajstić information content (AvgIpc) is 2.99. The first-order valence-electron chi connectivity index (χ1n) is 13.9. The van der Waals surface area contributed by atoms with Crippen LogP contribution in [-0.2, 0) is 25.4 Å². The van der Waals surface area contributed by atoms with E-state index < -0.39 is 0 Å². The summed E-state index contributed by atoms with van der Waals surface area (Å²) in [5.74, 6) is 1.66. The van der Waals surface area contributed by atoms with Crippen LogP contribution in [0, 0.1) is 0 Å². The monoisotopic (exact) mass is 535 g/mol. The van der Waals surface area contributed by atoms with E-state index in [-0.39, 0.29) is 12.2 Å². The van der Waals surface area contributed by atoms with Gasteiger partial charge in [0.15, 0.2) is 0 Å². The molecule has 0 bridgehead atoms. The van der Waals surface area contributed by atoms with Crippen LogP contribution in [0.15, 0.2) is 91.0 Å². The van der Waals surface area contributed by atoms with Gasteiger partial charge < -0.3 is 28.4 Å². The summed E-state index contributed by atoms with van der Waals surface area (Å²) in [7, 11) is 0. The van der Waals surface area contributed by atoms with Gasteiger partial charge in [-0.25, -0.2) is 0 Å². The molecule has 1 saturated heterocycles. The van der Waals surface area contributed by atoms with Gasteiger partial charge in [-0.2, -0.15) is 0 Å². The number of ether oxygens (including phenoxy) is 6. The number of hydrogen-bond acceptors (Lipinski definition) is 7. The first-order chi connectivity index (χ1) is 19.3. The maximum Gasteiger partial charge on any atom is 0.119 e. The van der Waals surface area contributed by atoms with Crippen molar-refractivity contribution in [3.05, 3.63) is 96.6 Å². The van der Waals surface area contributed by atoms with Crippen molar-refractivity contribution in [2.75, 3.05) is 72.5 Å². The Bertz CT molecular complexity index is 945. The first kappa shape index (κ1) is 29.1. The van der Waals surface area contributed by atoms with Gasteiger partial charge >= 0.3 is 0 Å². The molecule has 0 radical (unpaired) electrons. The first-order valence-corrected chi connectivity index (χ1v) is 13.9. The van der Waals surface area contributed by atoms with E-state index in [2.05, 4.69) is 29.2 Å². The van der Waals surface area contributed by atoms with E-state index in [0.717, 1.165) is 24.5 Å². The fourth-order valence-corrected chi connectivity index (χ4v) is 4.35. The maximum absolute atomic E-state index is 6.28. The van der Waals surface area contributed by atoms with Gasteiger partial charge in [0.1, 0.15) is 36.9 Å². The number of nitrogens with zero attached hydrogens (tertiary/aromatic N) is 1. The Labute approximate surface area is 232 Å². The smallest absolute Gasteiger partial charge is 0.119 e. The standard InChI is InChI=1S/C32H41NO6/c1-4-10-28(11-5-1)16-17-33-24-31(26-38-29-12-6-2-7-13-29)36-22-20-34-18-19-35-21-23-37-32(25-33)27-39-30-14-8-3-9-15-30/h1-15,31-32H,16-27H2/t31-,32-/m0/s1. The van der Waals surface area contributed by atoms with E-state index in [1.165, 1.54) is 5.56 Å². The van der Waals surface area contributed by atoms with Gasteiger partial charge in [0.05, 0.1) is 39.6 Å². The highest BCUT2D eigenvalue weighted by Crippen LogP contribution is 2.13. The summed E-state index contributed by atoms with van der Waals surface area (Å²) in [6.07, 6.45) is 0.647. The minimum Gasteiger partial charge on any atom is -0.491 e. The summed E-state index contributed by atoms with van der Waals surface area (Å²) in [6, 6.07) is 30.3. The molecular weight excluding hydrogens is 494 g/mol. The van der Waals surface area contributed by atoms with Gasteiger partial charge in [-0.05, 0) is 36.2 Å². The van der Waals surface area contributed by atoms with Gasteiger partial charge in [0.25, 0.3) is 0 Å². The highest BCUT2D eigenvalue weighted by atomic mass is 16.6. The summed E-state index contributed by atoms with van der Waals surface area (Å²) in [4.78, 5) is 2.40. The Hall–Kier alpha value is -2.94. The Morgan fingerprint density at radius 3 is 1.49 bits per heavy atom. The summed E-state index contributed by atoms with van der Waals surface area (Å²) >= 11 is 0. The molecule has 39 heavy (non-hydrogen) atoms. The predicted molar refractivity (Wildman–Crippen MR) is 152 cm³/mol. The second-order valence-electron chi connectivity index (χ2n) is 9.45. The molecule has 3 aromatic carbocycles. The topological polar surface area (TPSA) is 58.6 Å². The molecule has 1 fully saturated rings. The van der Waals surface area contributed by atoms with Gasteiger partial charge in [-0.15, -0.1) is 0 Å². The summed E-state index contributed by atoms with van der Waals surface area (Å²) in [5, 5.41) is 0. The van der Waals surface area contributed by atoms with Gasteiger partial charge in [0, 0.05) is 19.6 Å². The van der Waals surface area contributed by atoms with Crippen molar-refractivity contribution < 1.29 is 28.4 Å². The van der Waals surface area contributed by atoms with E-state index in [0.29, 0.717) is 65.9 Å². The molecule has 7 nitrogen and oxygen atoms in total. The van der Waals surface area contributed by atoms with Gasteiger partial charge in [-0.1, -0.05) is 66.7 Å². The van der Waals surface area contributed by atoms with Crippen LogP contribution in [0.2, 0.25) is 0 Å². The molecule has 4 rings (SSSR count). The third kappa shape index (κ3) is 11.8. The van der Waals surface area contributed by atoms with Crippen LogP contribution >= 0.6 is 0 Å². The molecule has 0 unspecified atom stereocenters. The molecule has 3 aromatic rings. The Balaban J connectivity index is 1.46. The second kappa shape index (κ2) is 17.6. The zero-order valence-electron chi connectivity index (χ0n) is 22.7. The van der Waals surface area contributed by atoms with Crippen molar-refractivity contribution in [1.29, 1.82) is 0 Å². The zero-order chi connectivity index (χ0) is 26.8. The van der Waals surface area contributed by atoms with E-state index in [9.17, 15) is 0 Å². The minimum absolute atomic E-state index is 0.137. The molecule has 2 atom stereocenters. The highest BCUT2D eigenvalue weighted by molar-refractivity contribution is 5.21. The Kier molecular flexibility index (Phi) is 13.1. The molecule has 0 aromatic heterocycles. The number of rotatable bonds is 9. The van der Waals surface area contributed by atoms with Crippen molar-refractivity contribution >= 4 is 0 Å². The lowest BCUT2D eigenvalue weighted by Gasteiger charge is -2.31. The molecule has 0 aliphatic carbocycles. The number of para-hydroxylation sites is 2. The number of benzene rings is 3. The number of hydrogen-bond donors (Lipinski definition) is 0. The molecule has 210 valence electrons. The van der Waals surface area contributed by atoms with Crippen LogP contribution in [0.25, 0.3) is 0 Å². The van der Waals surface area contributed by atoms with Crippen LogP contribution in [0.1, 0.15) is 5.56 Å². The van der Waals surface area contributed by atoms with Crippen LogP contribution in [0.4, 0.5) is 0 Å². The van der Waals surface area contributed by atoms with Crippen molar-refractivity contribution in [2.24, 2.45) is 0 Å². The largest absolute Gasteiger partial charge is 0.491 e. The van der Waals surface area contributed by atoms with E-state index in [4.69, 9.17) is 28.4 Å². The highest BCUT2D eigenvalue weighted by Gasteiger charge is 2.21. The van der Waals surface area contributed by atoms with Crippen LogP contribution in [0.3, 0.4) is 0 Å². The van der Waals surface area contributed by atoms with E-state index >= 15 is 0 Å². The quantitative estimate of drug-likeness (QED) is 0.400.